The Morgan fingerprint density at radius 1 is 1.11 bits per heavy atom. The molecule has 0 aliphatic carbocycles. The van der Waals surface area contributed by atoms with E-state index in [0.29, 0.717) is 23.9 Å². The van der Waals surface area contributed by atoms with Crippen LogP contribution in [0.2, 0.25) is 0 Å². The van der Waals surface area contributed by atoms with E-state index in [-0.39, 0.29) is 0 Å². The van der Waals surface area contributed by atoms with E-state index in [9.17, 15) is 0 Å². The van der Waals surface area contributed by atoms with Gasteiger partial charge in [0.25, 0.3) is 0 Å². The summed E-state index contributed by atoms with van der Waals surface area (Å²) in [6.45, 7) is 13.7. The number of rotatable bonds is 8. The maximum atomic E-state index is 6.11. The largest absolute Gasteiger partial charge is 0.381 e. The fraction of sp³-hybridized carbons (Fsp3) is 1.00. The SMILES string of the molecule is CC(C)CNCC(OCC1CCOCC1)C(C)C. The molecular formula is C15H31NO2. The number of hydrogen-bond donors (Lipinski definition) is 1. The predicted octanol–water partition coefficient (Wildman–Crippen LogP) is 2.70. The Hall–Kier alpha value is -0.120. The third kappa shape index (κ3) is 6.72. The van der Waals surface area contributed by atoms with Crippen molar-refractivity contribution in [3.8, 4) is 0 Å². The second kappa shape index (κ2) is 8.89. The highest BCUT2D eigenvalue weighted by Gasteiger charge is 2.18. The van der Waals surface area contributed by atoms with Crippen LogP contribution >= 0.6 is 0 Å². The molecule has 1 rings (SSSR count). The Morgan fingerprint density at radius 3 is 2.33 bits per heavy atom. The Labute approximate surface area is 113 Å². The summed E-state index contributed by atoms with van der Waals surface area (Å²) in [5, 5.41) is 3.50. The fourth-order valence-electron chi connectivity index (χ4n) is 2.17. The summed E-state index contributed by atoms with van der Waals surface area (Å²) in [6.07, 6.45) is 2.65. The highest BCUT2D eigenvalue weighted by Crippen LogP contribution is 2.17. The van der Waals surface area contributed by atoms with Gasteiger partial charge in [-0.25, -0.2) is 0 Å². The molecule has 1 unspecified atom stereocenters. The van der Waals surface area contributed by atoms with Gasteiger partial charge < -0.3 is 14.8 Å². The van der Waals surface area contributed by atoms with Crippen LogP contribution in [0.3, 0.4) is 0 Å². The molecule has 3 nitrogen and oxygen atoms in total. The fourth-order valence-corrected chi connectivity index (χ4v) is 2.17. The summed E-state index contributed by atoms with van der Waals surface area (Å²) in [6, 6.07) is 0. The van der Waals surface area contributed by atoms with Crippen LogP contribution < -0.4 is 5.32 Å². The van der Waals surface area contributed by atoms with Crippen molar-refractivity contribution < 1.29 is 9.47 Å². The van der Waals surface area contributed by atoms with Crippen molar-refractivity contribution in [2.45, 2.75) is 46.6 Å². The van der Waals surface area contributed by atoms with E-state index in [1.165, 1.54) is 0 Å². The smallest absolute Gasteiger partial charge is 0.0722 e. The third-order valence-corrected chi connectivity index (χ3v) is 3.53. The molecule has 0 spiro atoms. The lowest BCUT2D eigenvalue weighted by Crippen LogP contribution is -2.36. The van der Waals surface area contributed by atoms with Crippen molar-refractivity contribution >= 4 is 0 Å². The second-order valence-electron chi connectivity index (χ2n) is 6.22. The van der Waals surface area contributed by atoms with Gasteiger partial charge in [-0.1, -0.05) is 27.7 Å². The minimum atomic E-state index is 0.339. The van der Waals surface area contributed by atoms with E-state index in [1.807, 2.05) is 0 Å². The van der Waals surface area contributed by atoms with Crippen molar-refractivity contribution in [3.63, 3.8) is 0 Å². The minimum Gasteiger partial charge on any atom is -0.381 e. The zero-order valence-electron chi connectivity index (χ0n) is 12.6. The lowest BCUT2D eigenvalue weighted by Gasteiger charge is -2.27. The summed E-state index contributed by atoms with van der Waals surface area (Å²) in [7, 11) is 0. The molecule has 18 heavy (non-hydrogen) atoms. The molecule has 0 amide bonds. The summed E-state index contributed by atoms with van der Waals surface area (Å²) in [5.41, 5.74) is 0. The molecule has 1 N–H and O–H groups in total. The van der Waals surface area contributed by atoms with Crippen molar-refractivity contribution in [2.24, 2.45) is 17.8 Å². The molecule has 3 heteroatoms. The molecule has 1 fully saturated rings. The molecule has 1 saturated heterocycles. The summed E-state index contributed by atoms with van der Waals surface area (Å²) >= 11 is 0. The molecular weight excluding hydrogens is 226 g/mol. The first-order chi connectivity index (χ1) is 8.59. The van der Waals surface area contributed by atoms with Gasteiger partial charge in [-0.15, -0.1) is 0 Å². The summed E-state index contributed by atoms with van der Waals surface area (Å²) in [4.78, 5) is 0. The van der Waals surface area contributed by atoms with Crippen molar-refractivity contribution in [3.05, 3.63) is 0 Å². The summed E-state index contributed by atoms with van der Waals surface area (Å²) in [5.74, 6) is 1.97. The molecule has 1 heterocycles. The highest BCUT2D eigenvalue weighted by atomic mass is 16.5. The Kier molecular flexibility index (Phi) is 7.87. The quantitative estimate of drug-likeness (QED) is 0.725. The molecule has 0 aromatic heterocycles. The summed E-state index contributed by atoms with van der Waals surface area (Å²) < 4.78 is 11.5. The third-order valence-electron chi connectivity index (χ3n) is 3.53. The lowest BCUT2D eigenvalue weighted by atomic mass is 10.0. The Morgan fingerprint density at radius 2 is 1.78 bits per heavy atom. The van der Waals surface area contributed by atoms with E-state index in [1.54, 1.807) is 0 Å². The normalized spacial score (nSPS) is 19.7. The molecule has 1 aliphatic heterocycles. The van der Waals surface area contributed by atoms with E-state index in [2.05, 4.69) is 33.0 Å². The molecule has 108 valence electrons. The number of nitrogens with one attached hydrogen (secondary N) is 1. The molecule has 0 saturated carbocycles. The molecule has 1 aliphatic rings. The zero-order chi connectivity index (χ0) is 13.4. The Bertz CT molecular complexity index is 201. The van der Waals surface area contributed by atoms with Gasteiger partial charge >= 0.3 is 0 Å². The van der Waals surface area contributed by atoms with Crippen LogP contribution in [0.1, 0.15) is 40.5 Å². The van der Waals surface area contributed by atoms with Crippen LogP contribution in [0, 0.1) is 17.8 Å². The topological polar surface area (TPSA) is 30.5 Å². The minimum absolute atomic E-state index is 0.339. The van der Waals surface area contributed by atoms with E-state index in [0.717, 1.165) is 45.8 Å². The van der Waals surface area contributed by atoms with Crippen LogP contribution in [0.5, 0.6) is 0 Å². The molecule has 0 aromatic rings. The van der Waals surface area contributed by atoms with Gasteiger partial charge in [0.2, 0.25) is 0 Å². The van der Waals surface area contributed by atoms with E-state index in [4.69, 9.17) is 9.47 Å². The molecule has 0 aromatic carbocycles. The average Bonchev–Trinajstić information content (AvgIpc) is 2.34. The first-order valence-electron chi connectivity index (χ1n) is 7.49. The van der Waals surface area contributed by atoms with Crippen LogP contribution in [-0.4, -0.2) is 39.0 Å². The van der Waals surface area contributed by atoms with Crippen molar-refractivity contribution in [1.82, 2.24) is 5.32 Å². The Balaban J connectivity index is 2.19. The average molecular weight is 257 g/mol. The van der Waals surface area contributed by atoms with E-state index < -0.39 is 0 Å². The van der Waals surface area contributed by atoms with Gasteiger partial charge in [0, 0.05) is 19.8 Å². The first kappa shape index (κ1) is 15.9. The van der Waals surface area contributed by atoms with Crippen LogP contribution in [0.25, 0.3) is 0 Å². The maximum absolute atomic E-state index is 6.11. The molecule has 0 radical (unpaired) electrons. The second-order valence-corrected chi connectivity index (χ2v) is 6.22. The lowest BCUT2D eigenvalue weighted by molar-refractivity contribution is -0.0263. The van der Waals surface area contributed by atoms with Gasteiger partial charge in [0.05, 0.1) is 12.7 Å². The van der Waals surface area contributed by atoms with Crippen LogP contribution in [0.4, 0.5) is 0 Å². The number of hydrogen-bond acceptors (Lipinski definition) is 3. The van der Waals surface area contributed by atoms with Gasteiger partial charge in [-0.05, 0) is 37.1 Å². The monoisotopic (exact) mass is 257 g/mol. The van der Waals surface area contributed by atoms with Gasteiger partial charge in [-0.3, -0.25) is 0 Å². The zero-order valence-corrected chi connectivity index (χ0v) is 12.6. The van der Waals surface area contributed by atoms with Gasteiger partial charge in [0.1, 0.15) is 0 Å². The van der Waals surface area contributed by atoms with Crippen LogP contribution in [0.15, 0.2) is 0 Å². The standard InChI is InChI=1S/C15H31NO2/c1-12(2)9-16-10-15(13(3)4)18-11-14-5-7-17-8-6-14/h12-16H,5-11H2,1-4H3. The highest BCUT2D eigenvalue weighted by molar-refractivity contribution is 4.69. The molecule has 0 bridgehead atoms. The van der Waals surface area contributed by atoms with Crippen molar-refractivity contribution in [2.75, 3.05) is 32.9 Å². The maximum Gasteiger partial charge on any atom is 0.0722 e. The van der Waals surface area contributed by atoms with E-state index >= 15 is 0 Å². The van der Waals surface area contributed by atoms with Crippen LogP contribution in [-0.2, 0) is 9.47 Å². The van der Waals surface area contributed by atoms with Gasteiger partial charge in [-0.2, -0.15) is 0 Å². The first-order valence-corrected chi connectivity index (χ1v) is 7.49. The molecule has 1 atom stereocenters. The predicted molar refractivity (Wildman–Crippen MR) is 75.8 cm³/mol. The van der Waals surface area contributed by atoms with Gasteiger partial charge in [0.15, 0.2) is 0 Å². The van der Waals surface area contributed by atoms with Crippen molar-refractivity contribution in [1.29, 1.82) is 0 Å². The number of ether oxygens (including phenoxy) is 2.